The Morgan fingerprint density at radius 2 is 1.57 bits per heavy atom. The van der Waals surface area contributed by atoms with Crippen LogP contribution in [0.25, 0.3) is 34.4 Å². The molecule has 1 radical (unpaired) electrons. The number of halogens is 5. The normalized spacial score (nSPS) is 10.8. The zero-order valence-corrected chi connectivity index (χ0v) is 19.6. The molecule has 5 aromatic rings. The summed E-state index contributed by atoms with van der Waals surface area (Å²) in [6.45, 7) is 0. The summed E-state index contributed by atoms with van der Waals surface area (Å²) < 4.78 is 67.4. The molecule has 7 nitrogen and oxygen atoms in total. The van der Waals surface area contributed by atoms with Crippen LogP contribution in [0.15, 0.2) is 71.3 Å². The molecule has 0 aliphatic rings. The van der Waals surface area contributed by atoms with Crippen molar-refractivity contribution in [1.82, 2.24) is 30.4 Å². The third-order valence-electron chi connectivity index (χ3n) is 4.12. The molecular formula is C22H11F5IrN6O-2. The van der Waals surface area contributed by atoms with Crippen LogP contribution in [0.4, 0.5) is 22.0 Å². The van der Waals surface area contributed by atoms with Crippen molar-refractivity contribution in [2.75, 3.05) is 0 Å². The number of nitrogens with zero attached hydrogens (tertiary/aromatic N) is 6. The third kappa shape index (κ3) is 6.61. The molecular weight excluding hydrogens is 651 g/mol. The van der Waals surface area contributed by atoms with Gasteiger partial charge in [-0.05, 0) is 42.2 Å². The standard InChI is InChI=1S/C14H7F2N2O.C8H4F3N4.Ir/c15-11-5-1-9(2-6-11)13-17-18-14(19-13)10-3-7-12(16)8-4-10;9-8(10,11)7-13-6(14-15-7)5-3-1-2-4-12-5;/h1-3,5-8H;1-4H;/q2*-1;. The van der Waals surface area contributed by atoms with Crippen molar-refractivity contribution in [3.8, 4) is 34.4 Å². The van der Waals surface area contributed by atoms with E-state index in [1.165, 1.54) is 42.6 Å². The average Bonchev–Trinajstić information content (AvgIpc) is 3.52. The Balaban J connectivity index is 0.000000195. The van der Waals surface area contributed by atoms with E-state index in [1.807, 2.05) is 0 Å². The van der Waals surface area contributed by atoms with Gasteiger partial charge in [0.05, 0.1) is 5.69 Å². The maximum atomic E-state index is 12.8. The van der Waals surface area contributed by atoms with Crippen LogP contribution in [-0.2, 0) is 26.3 Å². The van der Waals surface area contributed by atoms with Crippen LogP contribution in [0, 0.1) is 17.7 Å². The minimum atomic E-state index is -4.57. The summed E-state index contributed by atoms with van der Waals surface area (Å²) in [6.07, 6.45) is -3.13. The third-order valence-corrected chi connectivity index (χ3v) is 4.12. The minimum Gasteiger partial charge on any atom is -0.464 e. The first-order chi connectivity index (χ1) is 16.3. The van der Waals surface area contributed by atoms with Gasteiger partial charge in [0.15, 0.2) is 5.89 Å². The summed E-state index contributed by atoms with van der Waals surface area (Å²) in [6, 6.07) is 17.2. The fraction of sp³-hybridized carbons (Fsp3) is 0.0455. The minimum absolute atomic E-state index is 0. The van der Waals surface area contributed by atoms with Gasteiger partial charge in [-0.3, -0.25) is 14.5 Å². The van der Waals surface area contributed by atoms with Crippen molar-refractivity contribution >= 4 is 0 Å². The molecule has 0 unspecified atom stereocenters. The molecule has 0 N–H and O–H groups in total. The molecule has 0 aliphatic carbocycles. The predicted molar refractivity (Wildman–Crippen MR) is 108 cm³/mol. The fourth-order valence-corrected chi connectivity index (χ4v) is 2.54. The first kappa shape index (κ1) is 25.8. The number of pyridine rings is 1. The maximum Gasteiger partial charge on any atom is 0.429 e. The van der Waals surface area contributed by atoms with E-state index >= 15 is 0 Å². The number of rotatable bonds is 3. The van der Waals surface area contributed by atoms with Crippen molar-refractivity contribution < 1.29 is 46.5 Å². The summed E-state index contributed by atoms with van der Waals surface area (Å²) in [5.74, 6) is -1.59. The van der Waals surface area contributed by atoms with E-state index in [9.17, 15) is 22.0 Å². The molecule has 2 aromatic carbocycles. The number of benzene rings is 2. The van der Waals surface area contributed by atoms with Gasteiger partial charge in [-0.2, -0.15) is 18.3 Å². The van der Waals surface area contributed by atoms with Crippen molar-refractivity contribution in [1.29, 1.82) is 0 Å². The van der Waals surface area contributed by atoms with Crippen LogP contribution >= 0.6 is 0 Å². The van der Waals surface area contributed by atoms with Gasteiger partial charge < -0.3 is 14.5 Å². The van der Waals surface area contributed by atoms with Gasteiger partial charge in [0.1, 0.15) is 11.6 Å². The fourth-order valence-electron chi connectivity index (χ4n) is 2.54. The second kappa shape index (κ2) is 11.1. The Hall–Kier alpha value is -3.83. The molecule has 5 rings (SSSR count). The van der Waals surface area contributed by atoms with E-state index in [1.54, 1.807) is 24.3 Å². The van der Waals surface area contributed by atoms with Crippen LogP contribution in [-0.4, -0.2) is 25.3 Å². The van der Waals surface area contributed by atoms with Gasteiger partial charge in [0.25, 0.3) is 0 Å². The monoisotopic (exact) mass is 663 g/mol. The largest absolute Gasteiger partial charge is 0.464 e. The van der Waals surface area contributed by atoms with Crippen LogP contribution < -0.4 is 5.10 Å². The Kier molecular flexibility index (Phi) is 8.15. The van der Waals surface area contributed by atoms with E-state index in [4.69, 9.17) is 4.42 Å². The van der Waals surface area contributed by atoms with E-state index in [0.29, 0.717) is 11.1 Å². The first-order valence-electron chi connectivity index (χ1n) is 9.42. The summed E-state index contributed by atoms with van der Waals surface area (Å²) in [5.41, 5.74) is 1.38. The van der Waals surface area contributed by atoms with Crippen LogP contribution in [0.2, 0.25) is 0 Å². The van der Waals surface area contributed by atoms with Crippen molar-refractivity contribution in [3.05, 3.63) is 90.4 Å². The van der Waals surface area contributed by atoms with Gasteiger partial charge >= 0.3 is 6.18 Å². The molecule has 0 spiro atoms. The molecule has 13 heteroatoms. The Labute approximate surface area is 207 Å². The second-order valence-corrected chi connectivity index (χ2v) is 6.51. The summed E-state index contributed by atoms with van der Waals surface area (Å²) in [7, 11) is 0. The second-order valence-electron chi connectivity index (χ2n) is 6.51. The number of hydrogen-bond acceptors (Lipinski definition) is 6. The molecule has 3 aromatic heterocycles. The smallest absolute Gasteiger partial charge is 0.429 e. The maximum absolute atomic E-state index is 12.8. The SMILES string of the molecule is FC(F)(F)c1n[n-]c(-c2ccccn2)n1.Fc1c[c-]c(-c2nnc(-c3ccc(F)cc3)o2)cc1.[Ir]. The zero-order chi connectivity index (χ0) is 24.1. The Morgan fingerprint density at radius 1 is 0.857 bits per heavy atom. The van der Waals surface area contributed by atoms with Crippen LogP contribution in [0.5, 0.6) is 0 Å². The molecule has 0 atom stereocenters. The number of aromatic nitrogens is 6. The van der Waals surface area contributed by atoms with Gasteiger partial charge in [0.2, 0.25) is 5.89 Å². The molecule has 3 heterocycles. The van der Waals surface area contributed by atoms with E-state index < -0.39 is 12.0 Å². The Bertz CT molecular complexity index is 1300. The summed E-state index contributed by atoms with van der Waals surface area (Å²) in [4.78, 5) is 7.05. The van der Waals surface area contributed by atoms with Gasteiger partial charge in [-0.25, -0.2) is 4.39 Å². The predicted octanol–water partition coefficient (Wildman–Crippen LogP) is 4.99. The molecule has 0 saturated heterocycles. The molecule has 0 amide bonds. The quantitative estimate of drug-likeness (QED) is 0.199. The number of alkyl halides is 3. The number of hydrogen-bond donors (Lipinski definition) is 0. The average molecular weight is 663 g/mol. The molecule has 0 aliphatic heterocycles. The van der Waals surface area contributed by atoms with E-state index in [0.717, 1.165) is 0 Å². The molecule has 181 valence electrons. The van der Waals surface area contributed by atoms with Crippen LogP contribution in [0.1, 0.15) is 5.82 Å². The van der Waals surface area contributed by atoms with E-state index in [2.05, 4.69) is 36.4 Å². The molecule has 0 fully saturated rings. The zero-order valence-electron chi connectivity index (χ0n) is 17.2. The Morgan fingerprint density at radius 3 is 2.17 bits per heavy atom. The van der Waals surface area contributed by atoms with Crippen LogP contribution in [0.3, 0.4) is 0 Å². The molecule has 35 heavy (non-hydrogen) atoms. The van der Waals surface area contributed by atoms with Crippen molar-refractivity contribution in [2.45, 2.75) is 6.18 Å². The first-order valence-corrected chi connectivity index (χ1v) is 9.42. The summed E-state index contributed by atoms with van der Waals surface area (Å²) in [5, 5.41) is 14.0. The van der Waals surface area contributed by atoms with Gasteiger partial charge in [-0.15, -0.1) is 29.4 Å². The van der Waals surface area contributed by atoms with Gasteiger partial charge in [-0.1, -0.05) is 11.6 Å². The van der Waals surface area contributed by atoms with Crippen molar-refractivity contribution in [3.63, 3.8) is 0 Å². The summed E-state index contributed by atoms with van der Waals surface area (Å²) >= 11 is 0. The van der Waals surface area contributed by atoms with Crippen molar-refractivity contribution in [2.24, 2.45) is 0 Å². The van der Waals surface area contributed by atoms with E-state index in [-0.39, 0.29) is 55.0 Å². The molecule has 0 bridgehead atoms. The topological polar surface area (TPSA) is 91.7 Å². The van der Waals surface area contributed by atoms with Gasteiger partial charge in [0, 0.05) is 37.7 Å². The molecule has 0 saturated carbocycles.